The average Bonchev–Trinajstić information content (AvgIpc) is 2.75. The Morgan fingerprint density at radius 2 is 1.71 bits per heavy atom. The van der Waals surface area contributed by atoms with Gasteiger partial charge in [-0.15, -0.1) is 0 Å². The van der Waals surface area contributed by atoms with Crippen LogP contribution in [0.1, 0.15) is 18.1 Å². The van der Waals surface area contributed by atoms with Gasteiger partial charge in [-0.05, 0) is 30.7 Å². The quantitative estimate of drug-likeness (QED) is 0.787. The van der Waals surface area contributed by atoms with Crippen LogP contribution in [0.15, 0.2) is 42.5 Å². The first kappa shape index (κ1) is 17.1. The fourth-order valence-corrected chi connectivity index (χ4v) is 3.36. The first-order valence-corrected chi connectivity index (χ1v) is 8.29. The summed E-state index contributed by atoms with van der Waals surface area (Å²) in [6, 6.07) is 11.5. The zero-order chi connectivity index (χ0) is 17.5. The Bertz CT molecular complexity index is 840. The molecule has 4 nitrogen and oxygen atoms in total. The van der Waals surface area contributed by atoms with Gasteiger partial charge in [0.1, 0.15) is 5.54 Å². The Hall–Kier alpha value is -1.75. The highest BCUT2D eigenvalue weighted by molar-refractivity contribution is 6.42. The SMILES string of the molecule is C[C@]1(c2ccccc2Cl)NC(=O)N(Cc2ccc(Cl)c(Cl)c2)C1=O. The molecule has 24 heavy (non-hydrogen) atoms. The molecule has 124 valence electrons. The lowest BCUT2D eigenvalue weighted by atomic mass is 9.92. The van der Waals surface area contributed by atoms with Crippen molar-refractivity contribution >= 4 is 46.7 Å². The number of hydrogen-bond acceptors (Lipinski definition) is 2. The van der Waals surface area contributed by atoms with Gasteiger partial charge in [-0.3, -0.25) is 9.69 Å². The van der Waals surface area contributed by atoms with Crippen molar-refractivity contribution in [3.8, 4) is 0 Å². The van der Waals surface area contributed by atoms with E-state index in [0.29, 0.717) is 26.2 Å². The van der Waals surface area contributed by atoms with E-state index in [1.165, 1.54) is 0 Å². The van der Waals surface area contributed by atoms with Crippen LogP contribution < -0.4 is 5.32 Å². The van der Waals surface area contributed by atoms with E-state index in [9.17, 15) is 9.59 Å². The molecule has 3 rings (SSSR count). The van der Waals surface area contributed by atoms with E-state index in [-0.39, 0.29) is 12.5 Å². The molecule has 2 aromatic rings. The zero-order valence-electron chi connectivity index (χ0n) is 12.6. The van der Waals surface area contributed by atoms with Gasteiger partial charge >= 0.3 is 6.03 Å². The highest BCUT2D eigenvalue weighted by Crippen LogP contribution is 2.34. The number of rotatable bonds is 3. The highest BCUT2D eigenvalue weighted by Gasteiger charge is 2.49. The number of halogens is 3. The molecule has 1 heterocycles. The van der Waals surface area contributed by atoms with E-state index in [2.05, 4.69) is 5.32 Å². The zero-order valence-corrected chi connectivity index (χ0v) is 14.9. The maximum Gasteiger partial charge on any atom is 0.325 e. The number of carbonyl (C=O) groups excluding carboxylic acids is 2. The molecule has 0 radical (unpaired) electrons. The van der Waals surface area contributed by atoms with Crippen LogP contribution in [0.4, 0.5) is 4.79 Å². The minimum absolute atomic E-state index is 0.0988. The second-order valence-electron chi connectivity index (χ2n) is 5.67. The van der Waals surface area contributed by atoms with Crippen molar-refractivity contribution in [3.05, 3.63) is 68.7 Å². The second-order valence-corrected chi connectivity index (χ2v) is 6.90. The smallest absolute Gasteiger partial charge is 0.319 e. The number of urea groups is 1. The molecule has 1 saturated heterocycles. The van der Waals surface area contributed by atoms with Crippen LogP contribution in [-0.4, -0.2) is 16.8 Å². The molecule has 1 N–H and O–H groups in total. The van der Waals surface area contributed by atoms with E-state index < -0.39 is 11.6 Å². The molecule has 0 aromatic heterocycles. The summed E-state index contributed by atoms with van der Waals surface area (Å²) in [7, 11) is 0. The molecule has 7 heteroatoms. The lowest BCUT2D eigenvalue weighted by molar-refractivity contribution is -0.131. The Kier molecular flexibility index (Phi) is 4.47. The van der Waals surface area contributed by atoms with Crippen LogP contribution in [0.5, 0.6) is 0 Å². The van der Waals surface area contributed by atoms with Crippen LogP contribution in [0, 0.1) is 0 Å². The molecule has 3 amide bonds. The van der Waals surface area contributed by atoms with Crippen molar-refractivity contribution in [2.24, 2.45) is 0 Å². The average molecular weight is 384 g/mol. The van der Waals surface area contributed by atoms with E-state index in [0.717, 1.165) is 4.90 Å². The predicted molar refractivity (Wildman–Crippen MR) is 94.3 cm³/mol. The summed E-state index contributed by atoms with van der Waals surface area (Å²) < 4.78 is 0. The summed E-state index contributed by atoms with van der Waals surface area (Å²) in [5, 5.41) is 3.93. The third kappa shape index (κ3) is 2.86. The minimum Gasteiger partial charge on any atom is -0.319 e. The third-order valence-electron chi connectivity index (χ3n) is 4.01. The topological polar surface area (TPSA) is 49.4 Å². The van der Waals surface area contributed by atoms with E-state index >= 15 is 0 Å². The number of carbonyl (C=O) groups is 2. The van der Waals surface area contributed by atoms with Gasteiger partial charge in [0.25, 0.3) is 5.91 Å². The summed E-state index contributed by atoms with van der Waals surface area (Å²) >= 11 is 18.1. The van der Waals surface area contributed by atoms with Crippen molar-refractivity contribution in [1.82, 2.24) is 10.2 Å². The number of imide groups is 1. The predicted octanol–water partition coefficient (Wildman–Crippen LogP) is 4.61. The fourth-order valence-electron chi connectivity index (χ4n) is 2.71. The second kappa shape index (κ2) is 6.28. The number of nitrogens with zero attached hydrogens (tertiary/aromatic N) is 1. The number of amides is 3. The van der Waals surface area contributed by atoms with Gasteiger partial charge in [0, 0.05) is 10.6 Å². The molecule has 1 aliphatic heterocycles. The molecule has 1 aliphatic rings. The van der Waals surface area contributed by atoms with Gasteiger partial charge in [0.05, 0.1) is 16.6 Å². The molecule has 1 fully saturated rings. The van der Waals surface area contributed by atoms with Crippen LogP contribution in [-0.2, 0) is 16.9 Å². The van der Waals surface area contributed by atoms with Gasteiger partial charge in [0.15, 0.2) is 0 Å². The number of hydrogen-bond donors (Lipinski definition) is 1. The lowest BCUT2D eigenvalue weighted by Crippen LogP contribution is -2.41. The van der Waals surface area contributed by atoms with Gasteiger partial charge in [-0.25, -0.2) is 4.79 Å². The maximum atomic E-state index is 12.9. The Morgan fingerprint density at radius 1 is 1.00 bits per heavy atom. The fraction of sp³-hybridized carbons (Fsp3) is 0.176. The number of benzene rings is 2. The van der Waals surface area contributed by atoms with E-state index in [1.54, 1.807) is 49.4 Å². The normalized spacial score (nSPS) is 20.4. The van der Waals surface area contributed by atoms with Crippen molar-refractivity contribution < 1.29 is 9.59 Å². The Morgan fingerprint density at radius 3 is 2.38 bits per heavy atom. The molecule has 0 unspecified atom stereocenters. The monoisotopic (exact) mass is 382 g/mol. The molecular weight excluding hydrogens is 371 g/mol. The van der Waals surface area contributed by atoms with Crippen molar-refractivity contribution in [2.45, 2.75) is 19.0 Å². The summed E-state index contributed by atoms with van der Waals surface area (Å²) in [6.45, 7) is 1.74. The first-order chi connectivity index (χ1) is 11.3. The van der Waals surface area contributed by atoms with Crippen molar-refractivity contribution in [2.75, 3.05) is 0 Å². The summed E-state index contributed by atoms with van der Waals surface area (Å²) in [4.78, 5) is 26.3. The molecule has 0 spiro atoms. The minimum atomic E-state index is -1.20. The summed E-state index contributed by atoms with van der Waals surface area (Å²) in [5.41, 5.74) is 0.0593. The van der Waals surface area contributed by atoms with E-state index in [1.807, 2.05) is 0 Å². The van der Waals surface area contributed by atoms with E-state index in [4.69, 9.17) is 34.8 Å². The Labute approximate surface area is 154 Å². The highest BCUT2D eigenvalue weighted by atomic mass is 35.5. The van der Waals surface area contributed by atoms with Gasteiger partial charge in [-0.2, -0.15) is 0 Å². The van der Waals surface area contributed by atoms with Gasteiger partial charge < -0.3 is 5.32 Å². The van der Waals surface area contributed by atoms with Crippen LogP contribution >= 0.6 is 34.8 Å². The largest absolute Gasteiger partial charge is 0.325 e. The van der Waals surface area contributed by atoms with Crippen LogP contribution in [0.3, 0.4) is 0 Å². The summed E-state index contributed by atoms with van der Waals surface area (Å²) in [6.07, 6.45) is 0. The Balaban J connectivity index is 1.92. The number of nitrogens with one attached hydrogen (secondary N) is 1. The van der Waals surface area contributed by atoms with Crippen molar-refractivity contribution in [3.63, 3.8) is 0 Å². The van der Waals surface area contributed by atoms with Gasteiger partial charge in [-0.1, -0.05) is 59.1 Å². The molecular formula is C17H13Cl3N2O2. The van der Waals surface area contributed by atoms with Crippen LogP contribution in [0.2, 0.25) is 15.1 Å². The lowest BCUT2D eigenvalue weighted by Gasteiger charge is -2.23. The maximum absolute atomic E-state index is 12.9. The standard InChI is InChI=1S/C17H13Cl3N2O2/c1-17(11-4-2-3-5-12(11)18)15(23)22(16(24)21-17)9-10-6-7-13(19)14(20)8-10/h2-8H,9H2,1H3,(H,21,24)/t17-/m1/s1. The third-order valence-corrected chi connectivity index (χ3v) is 5.08. The molecule has 0 bridgehead atoms. The first-order valence-electron chi connectivity index (χ1n) is 7.16. The molecule has 1 atom stereocenters. The van der Waals surface area contributed by atoms with Crippen LogP contribution in [0.25, 0.3) is 0 Å². The molecule has 2 aromatic carbocycles. The van der Waals surface area contributed by atoms with Crippen molar-refractivity contribution in [1.29, 1.82) is 0 Å². The summed E-state index contributed by atoms with van der Waals surface area (Å²) in [5.74, 6) is -0.369. The van der Waals surface area contributed by atoms with Gasteiger partial charge in [0.2, 0.25) is 0 Å². The molecule has 0 saturated carbocycles. The molecule has 0 aliphatic carbocycles.